The highest BCUT2D eigenvalue weighted by atomic mass is 16.5. The number of hydrogen-bond acceptors (Lipinski definition) is 4. The predicted octanol–water partition coefficient (Wildman–Crippen LogP) is 3.47. The maximum atomic E-state index is 12.4. The molecule has 1 aliphatic carbocycles. The Labute approximate surface area is 169 Å². The first-order chi connectivity index (χ1) is 13.7. The summed E-state index contributed by atoms with van der Waals surface area (Å²) in [6.07, 6.45) is 5.92. The molecule has 152 valence electrons. The Morgan fingerprint density at radius 1 is 1.29 bits per heavy atom. The molecule has 1 heterocycles. The van der Waals surface area contributed by atoms with Crippen LogP contribution >= 0.6 is 0 Å². The van der Waals surface area contributed by atoms with E-state index < -0.39 is 0 Å². The van der Waals surface area contributed by atoms with Crippen molar-refractivity contribution in [3.05, 3.63) is 35.9 Å². The lowest BCUT2D eigenvalue weighted by atomic mass is 9.78. The van der Waals surface area contributed by atoms with E-state index in [1.165, 1.54) is 12.0 Å². The molecule has 3 rings (SSSR count). The fourth-order valence-electron chi connectivity index (χ4n) is 4.38. The summed E-state index contributed by atoms with van der Waals surface area (Å²) in [4.78, 5) is 14.4. The molecule has 1 N–H and O–H groups in total. The van der Waals surface area contributed by atoms with Gasteiger partial charge in [-0.3, -0.25) is 4.79 Å². The van der Waals surface area contributed by atoms with E-state index in [1.807, 2.05) is 4.90 Å². The Hall–Kier alpha value is -1.90. The summed E-state index contributed by atoms with van der Waals surface area (Å²) in [5.41, 5.74) is 1.55. The summed E-state index contributed by atoms with van der Waals surface area (Å²) in [6, 6.07) is 13.4. The van der Waals surface area contributed by atoms with Crippen LogP contribution in [0.15, 0.2) is 30.3 Å². The second-order valence-corrected chi connectivity index (χ2v) is 8.42. The number of nitrogens with one attached hydrogen (secondary N) is 1. The van der Waals surface area contributed by atoms with Crippen molar-refractivity contribution < 1.29 is 9.53 Å². The van der Waals surface area contributed by atoms with Gasteiger partial charge in [0.15, 0.2) is 0 Å². The number of likely N-dealkylation sites (tertiary alicyclic amines) is 1. The summed E-state index contributed by atoms with van der Waals surface area (Å²) in [6.45, 7) is 3.33. The number of carbonyl (C=O) groups excluding carboxylic acids is 1. The summed E-state index contributed by atoms with van der Waals surface area (Å²) in [5.74, 6) is 0.874. The molecule has 1 saturated heterocycles. The van der Waals surface area contributed by atoms with Crippen LogP contribution in [0.5, 0.6) is 0 Å². The van der Waals surface area contributed by atoms with Crippen LogP contribution in [0.3, 0.4) is 0 Å². The SMILES string of the molecule is COCC1(CN[C@@H]2C[C@@H]2c2ccccc2)CCN(C(=O)CCCCC#N)CC1. The van der Waals surface area contributed by atoms with Gasteiger partial charge in [-0.2, -0.15) is 5.26 Å². The van der Waals surface area contributed by atoms with Gasteiger partial charge >= 0.3 is 0 Å². The summed E-state index contributed by atoms with van der Waals surface area (Å²) < 4.78 is 5.56. The number of nitrogens with zero attached hydrogens (tertiary/aromatic N) is 2. The molecule has 0 aromatic heterocycles. The average molecular weight is 384 g/mol. The lowest BCUT2D eigenvalue weighted by Crippen LogP contribution is -2.49. The van der Waals surface area contributed by atoms with Crippen LogP contribution in [0.1, 0.15) is 56.4 Å². The highest BCUT2D eigenvalue weighted by Crippen LogP contribution is 2.41. The predicted molar refractivity (Wildman–Crippen MR) is 110 cm³/mol. The number of ether oxygens (including phenoxy) is 1. The number of benzene rings is 1. The molecule has 5 nitrogen and oxygen atoms in total. The second-order valence-electron chi connectivity index (χ2n) is 8.42. The Bertz CT molecular complexity index is 662. The maximum Gasteiger partial charge on any atom is 0.222 e. The minimum atomic E-state index is 0.121. The number of piperidine rings is 1. The van der Waals surface area contributed by atoms with Crippen molar-refractivity contribution in [2.45, 2.75) is 56.9 Å². The minimum absolute atomic E-state index is 0.121. The van der Waals surface area contributed by atoms with Gasteiger partial charge in [-0.1, -0.05) is 30.3 Å². The third-order valence-electron chi connectivity index (χ3n) is 6.31. The first kappa shape index (κ1) is 20.8. The number of nitriles is 1. The summed E-state index contributed by atoms with van der Waals surface area (Å²) in [7, 11) is 1.78. The van der Waals surface area contributed by atoms with Crippen LogP contribution in [0.2, 0.25) is 0 Å². The number of methoxy groups -OCH3 is 1. The second kappa shape index (κ2) is 10.0. The van der Waals surface area contributed by atoms with Crippen molar-refractivity contribution >= 4 is 5.91 Å². The minimum Gasteiger partial charge on any atom is -0.384 e. The van der Waals surface area contributed by atoms with Crippen molar-refractivity contribution in [2.24, 2.45) is 5.41 Å². The van der Waals surface area contributed by atoms with Gasteiger partial charge in [-0.05, 0) is 37.7 Å². The first-order valence-electron chi connectivity index (χ1n) is 10.6. The number of amides is 1. The van der Waals surface area contributed by atoms with Crippen molar-refractivity contribution in [3.63, 3.8) is 0 Å². The Morgan fingerprint density at radius 3 is 2.71 bits per heavy atom. The van der Waals surface area contributed by atoms with E-state index in [0.717, 1.165) is 51.9 Å². The zero-order chi connectivity index (χ0) is 19.8. The molecule has 1 aromatic rings. The average Bonchev–Trinajstić information content (AvgIpc) is 3.51. The van der Waals surface area contributed by atoms with Crippen molar-refractivity contribution in [1.82, 2.24) is 10.2 Å². The lowest BCUT2D eigenvalue weighted by molar-refractivity contribution is -0.134. The van der Waals surface area contributed by atoms with Crippen LogP contribution in [0.4, 0.5) is 0 Å². The number of rotatable bonds is 10. The van der Waals surface area contributed by atoms with Crippen LogP contribution in [0, 0.1) is 16.7 Å². The molecule has 1 aliphatic heterocycles. The largest absolute Gasteiger partial charge is 0.384 e. The van der Waals surface area contributed by atoms with Gasteiger partial charge in [0, 0.05) is 57.0 Å². The normalized spacial score (nSPS) is 23.2. The van der Waals surface area contributed by atoms with Crippen LogP contribution in [0.25, 0.3) is 0 Å². The van der Waals surface area contributed by atoms with E-state index in [4.69, 9.17) is 10.00 Å². The Kier molecular flexibility index (Phi) is 7.47. The van der Waals surface area contributed by atoms with E-state index in [2.05, 4.69) is 41.7 Å². The monoisotopic (exact) mass is 383 g/mol. The number of unbranched alkanes of at least 4 members (excludes halogenated alkanes) is 2. The van der Waals surface area contributed by atoms with Gasteiger partial charge in [0.25, 0.3) is 0 Å². The van der Waals surface area contributed by atoms with Crippen LogP contribution < -0.4 is 5.32 Å². The highest BCUT2D eigenvalue weighted by molar-refractivity contribution is 5.76. The molecule has 0 radical (unpaired) electrons. The van der Waals surface area contributed by atoms with Gasteiger partial charge < -0.3 is 15.0 Å². The smallest absolute Gasteiger partial charge is 0.222 e. The molecule has 0 bridgehead atoms. The van der Waals surface area contributed by atoms with Gasteiger partial charge in [0.1, 0.15) is 0 Å². The lowest BCUT2D eigenvalue weighted by Gasteiger charge is -2.42. The molecule has 1 aromatic carbocycles. The first-order valence-corrected chi connectivity index (χ1v) is 10.6. The van der Waals surface area contributed by atoms with E-state index in [0.29, 0.717) is 24.8 Å². The molecule has 2 atom stereocenters. The maximum absolute atomic E-state index is 12.4. The molecule has 2 fully saturated rings. The Morgan fingerprint density at radius 2 is 2.04 bits per heavy atom. The standard InChI is InChI=1S/C23H33N3O2/c1-28-18-23(17-25-21-16-20(21)19-8-4-2-5-9-19)11-14-26(15-12-23)22(27)10-6-3-7-13-24/h2,4-5,8-9,20-21,25H,3,6-7,10-12,14-18H2,1H3/t20-,21-/m1/s1. The van der Waals surface area contributed by atoms with E-state index in [9.17, 15) is 4.79 Å². The number of carbonyl (C=O) groups is 1. The van der Waals surface area contributed by atoms with E-state index in [-0.39, 0.29) is 11.3 Å². The molecule has 1 amide bonds. The van der Waals surface area contributed by atoms with E-state index in [1.54, 1.807) is 7.11 Å². The fraction of sp³-hybridized carbons (Fsp3) is 0.652. The van der Waals surface area contributed by atoms with Crippen molar-refractivity contribution in [2.75, 3.05) is 33.4 Å². The number of hydrogen-bond donors (Lipinski definition) is 1. The molecule has 2 aliphatic rings. The highest BCUT2D eigenvalue weighted by Gasteiger charge is 2.41. The topological polar surface area (TPSA) is 65.4 Å². The molecule has 28 heavy (non-hydrogen) atoms. The molecule has 1 saturated carbocycles. The third-order valence-corrected chi connectivity index (χ3v) is 6.31. The molecular weight excluding hydrogens is 350 g/mol. The van der Waals surface area contributed by atoms with Crippen LogP contribution in [-0.2, 0) is 9.53 Å². The molecule has 0 spiro atoms. The Balaban J connectivity index is 1.44. The summed E-state index contributed by atoms with van der Waals surface area (Å²) in [5, 5.41) is 12.4. The third kappa shape index (κ3) is 5.56. The van der Waals surface area contributed by atoms with Crippen molar-refractivity contribution in [3.8, 4) is 6.07 Å². The molecular formula is C23H33N3O2. The van der Waals surface area contributed by atoms with Crippen molar-refractivity contribution in [1.29, 1.82) is 5.26 Å². The van der Waals surface area contributed by atoms with Gasteiger partial charge in [-0.15, -0.1) is 0 Å². The quantitative estimate of drug-likeness (QED) is 0.628. The summed E-state index contributed by atoms with van der Waals surface area (Å²) >= 11 is 0. The fourth-order valence-corrected chi connectivity index (χ4v) is 4.38. The molecule has 5 heteroatoms. The van der Waals surface area contributed by atoms with E-state index >= 15 is 0 Å². The van der Waals surface area contributed by atoms with Gasteiger partial charge in [0.2, 0.25) is 5.91 Å². The van der Waals surface area contributed by atoms with Gasteiger partial charge in [0.05, 0.1) is 12.7 Å². The molecule has 0 unspecified atom stereocenters. The van der Waals surface area contributed by atoms with Crippen LogP contribution in [-0.4, -0.2) is 50.2 Å². The van der Waals surface area contributed by atoms with Gasteiger partial charge in [-0.25, -0.2) is 0 Å². The zero-order valence-corrected chi connectivity index (χ0v) is 17.0. The zero-order valence-electron chi connectivity index (χ0n) is 17.0.